The minimum atomic E-state index is -0.221. The molecule has 1 amide bonds. The molecule has 3 N–H and O–H groups in total. The van der Waals surface area contributed by atoms with Crippen molar-refractivity contribution in [3.63, 3.8) is 0 Å². The maximum Gasteiger partial charge on any atom is 0.256 e. The molecule has 0 radical (unpaired) electrons. The lowest BCUT2D eigenvalue weighted by molar-refractivity contribution is 0.102. The van der Waals surface area contributed by atoms with Crippen LogP contribution in [0.15, 0.2) is 48.5 Å². The number of nitrogens with two attached hydrogens (primary N) is 1. The van der Waals surface area contributed by atoms with Crippen LogP contribution < -0.4 is 15.8 Å². The van der Waals surface area contributed by atoms with Crippen LogP contribution in [0.25, 0.3) is 0 Å². The van der Waals surface area contributed by atoms with Crippen molar-refractivity contribution in [3.8, 4) is 11.6 Å². The van der Waals surface area contributed by atoms with E-state index in [1.807, 2.05) is 39.0 Å². The predicted molar refractivity (Wildman–Crippen MR) is 109 cm³/mol. The van der Waals surface area contributed by atoms with E-state index in [0.29, 0.717) is 27.9 Å². The van der Waals surface area contributed by atoms with Gasteiger partial charge in [-0.15, -0.1) is 0 Å². The van der Waals surface area contributed by atoms with E-state index in [-0.39, 0.29) is 11.7 Å². The Morgan fingerprint density at radius 3 is 2.37 bits per heavy atom. The number of carbonyl (C=O) groups excluding carboxylic acids is 1. The first-order chi connectivity index (χ1) is 12.8. The van der Waals surface area contributed by atoms with Crippen LogP contribution in [-0.2, 0) is 0 Å². The standard InChI is InChI=1S/C21H20ClN3O2/c1-12-5-4-6-13(2)19(12)21(26)24-16-8-10-18(25-20(16)23)27-17-9-7-15(22)11-14(17)3/h4-11H,1-3H3,(H2,23,25)(H,24,26). The number of hydrogen-bond acceptors (Lipinski definition) is 4. The first-order valence-electron chi connectivity index (χ1n) is 8.43. The van der Waals surface area contributed by atoms with E-state index < -0.39 is 0 Å². The number of anilines is 2. The number of nitrogens with zero attached hydrogens (tertiary/aromatic N) is 1. The van der Waals surface area contributed by atoms with Gasteiger partial charge in [0, 0.05) is 16.7 Å². The van der Waals surface area contributed by atoms with Crippen molar-refractivity contribution < 1.29 is 9.53 Å². The maximum atomic E-state index is 12.6. The van der Waals surface area contributed by atoms with Gasteiger partial charge in [0.1, 0.15) is 5.75 Å². The molecule has 2 aromatic carbocycles. The summed E-state index contributed by atoms with van der Waals surface area (Å²) in [5, 5.41) is 3.45. The van der Waals surface area contributed by atoms with E-state index in [9.17, 15) is 4.79 Å². The Bertz CT molecular complexity index is 998. The summed E-state index contributed by atoms with van der Waals surface area (Å²) in [6.45, 7) is 5.69. The summed E-state index contributed by atoms with van der Waals surface area (Å²) in [5.74, 6) is 0.932. The first kappa shape index (κ1) is 18.7. The third-order valence-corrected chi connectivity index (χ3v) is 4.44. The van der Waals surface area contributed by atoms with Crippen LogP contribution >= 0.6 is 11.6 Å². The molecule has 0 bridgehead atoms. The van der Waals surface area contributed by atoms with E-state index in [2.05, 4.69) is 10.3 Å². The fourth-order valence-electron chi connectivity index (χ4n) is 2.82. The molecule has 0 aliphatic rings. The number of halogens is 1. The van der Waals surface area contributed by atoms with Crippen LogP contribution in [0.4, 0.5) is 11.5 Å². The summed E-state index contributed by atoms with van der Waals surface area (Å²) in [5.41, 5.74) is 9.76. The van der Waals surface area contributed by atoms with Gasteiger partial charge < -0.3 is 15.8 Å². The zero-order valence-corrected chi connectivity index (χ0v) is 16.1. The average Bonchev–Trinajstić information content (AvgIpc) is 2.59. The highest BCUT2D eigenvalue weighted by Crippen LogP contribution is 2.29. The van der Waals surface area contributed by atoms with Gasteiger partial charge in [-0.25, -0.2) is 0 Å². The van der Waals surface area contributed by atoms with Gasteiger partial charge in [-0.1, -0.05) is 29.8 Å². The molecule has 5 nitrogen and oxygen atoms in total. The highest BCUT2D eigenvalue weighted by atomic mass is 35.5. The first-order valence-corrected chi connectivity index (χ1v) is 8.81. The number of benzene rings is 2. The molecular weight excluding hydrogens is 362 g/mol. The molecule has 3 aromatic rings. The van der Waals surface area contributed by atoms with Crippen LogP contribution in [0.2, 0.25) is 5.02 Å². The van der Waals surface area contributed by atoms with Crippen LogP contribution in [0.1, 0.15) is 27.0 Å². The molecule has 0 fully saturated rings. The second-order valence-corrected chi connectivity index (χ2v) is 6.75. The maximum absolute atomic E-state index is 12.6. The lowest BCUT2D eigenvalue weighted by Crippen LogP contribution is -2.16. The normalized spacial score (nSPS) is 10.5. The van der Waals surface area contributed by atoms with Gasteiger partial charge in [0.15, 0.2) is 5.82 Å². The monoisotopic (exact) mass is 381 g/mol. The Kier molecular flexibility index (Phi) is 5.33. The second kappa shape index (κ2) is 7.68. The third kappa shape index (κ3) is 4.20. The van der Waals surface area contributed by atoms with Gasteiger partial charge in [-0.05, 0) is 61.7 Å². The van der Waals surface area contributed by atoms with E-state index in [0.717, 1.165) is 16.7 Å². The minimum Gasteiger partial charge on any atom is -0.439 e. The van der Waals surface area contributed by atoms with Crippen molar-refractivity contribution >= 4 is 29.0 Å². The molecule has 138 valence electrons. The van der Waals surface area contributed by atoms with E-state index >= 15 is 0 Å². The molecule has 0 aliphatic carbocycles. The number of amides is 1. The Morgan fingerprint density at radius 2 is 1.74 bits per heavy atom. The second-order valence-electron chi connectivity index (χ2n) is 6.32. The molecule has 0 saturated heterocycles. The number of pyridine rings is 1. The van der Waals surface area contributed by atoms with E-state index in [4.69, 9.17) is 22.1 Å². The summed E-state index contributed by atoms with van der Waals surface area (Å²) in [7, 11) is 0. The average molecular weight is 382 g/mol. The fourth-order valence-corrected chi connectivity index (χ4v) is 3.04. The summed E-state index contributed by atoms with van der Waals surface area (Å²) in [4.78, 5) is 16.9. The lowest BCUT2D eigenvalue weighted by atomic mass is 10.0. The topological polar surface area (TPSA) is 77.2 Å². The molecule has 0 aliphatic heterocycles. The number of hydrogen-bond donors (Lipinski definition) is 2. The minimum absolute atomic E-state index is 0.179. The Balaban J connectivity index is 1.80. The zero-order valence-electron chi connectivity index (χ0n) is 15.3. The number of carbonyl (C=O) groups is 1. The number of aromatic nitrogens is 1. The Morgan fingerprint density at radius 1 is 1.04 bits per heavy atom. The SMILES string of the molecule is Cc1cc(Cl)ccc1Oc1ccc(NC(=O)c2c(C)cccc2C)c(N)n1. The highest BCUT2D eigenvalue weighted by molar-refractivity contribution is 6.30. The van der Waals surface area contributed by atoms with Gasteiger partial charge in [0.2, 0.25) is 5.88 Å². The van der Waals surface area contributed by atoms with Gasteiger partial charge in [-0.3, -0.25) is 4.79 Å². The van der Waals surface area contributed by atoms with Crippen molar-refractivity contribution in [2.45, 2.75) is 20.8 Å². The Hall–Kier alpha value is -3.05. The summed E-state index contributed by atoms with van der Waals surface area (Å²) >= 11 is 5.96. The van der Waals surface area contributed by atoms with Crippen LogP contribution in [0, 0.1) is 20.8 Å². The van der Waals surface area contributed by atoms with Gasteiger partial charge in [0.05, 0.1) is 5.69 Å². The smallest absolute Gasteiger partial charge is 0.256 e. The number of nitrogens with one attached hydrogen (secondary N) is 1. The summed E-state index contributed by atoms with van der Waals surface area (Å²) in [6.07, 6.45) is 0. The van der Waals surface area contributed by atoms with Gasteiger partial charge >= 0.3 is 0 Å². The fraction of sp³-hybridized carbons (Fsp3) is 0.143. The molecule has 0 unspecified atom stereocenters. The number of nitrogen functional groups attached to an aromatic ring is 1. The third-order valence-electron chi connectivity index (χ3n) is 4.21. The van der Waals surface area contributed by atoms with Crippen molar-refractivity contribution in [2.24, 2.45) is 0 Å². The molecule has 0 saturated carbocycles. The number of ether oxygens (including phenoxy) is 1. The van der Waals surface area contributed by atoms with Crippen LogP contribution in [0.5, 0.6) is 11.6 Å². The van der Waals surface area contributed by atoms with Gasteiger partial charge in [-0.2, -0.15) is 4.98 Å². The molecule has 0 spiro atoms. The molecular formula is C21H20ClN3O2. The highest BCUT2D eigenvalue weighted by Gasteiger charge is 2.14. The summed E-state index contributed by atoms with van der Waals surface area (Å²) in [6, 6.07) is 14.4. The Labute approximate surface area is 163 Å². The van der Waals surface area contributed by atoms with Crippen LogP contribution in [-0.4, -0.2) is 10.9 Å². The molecule has 6 heteroatoms. The van der Waals surface area contributed by atoms with Crippen LogP contribution in [0.3, 0.4) is 0 Å². The van der Waals surface area contributed by atoms with Crippen molar-refractivity contribution in [2.75, 3.05) is 11.1 Å². The lowest BCUT2D eigenvalue weighted by Gasteiger charge is -2.13. The van der Waals surface area contributed by atoms with Gasteiger partial charge in [0.25, 0.3) is 5.91 Å². The molecule has 1 aromatic heterocycles. The van der Waals surface area contributed by atoms with Crippen molar-refractivity contribution in [3.05, 3.63) is 75.8 Å². The molecule has 27 heavy (non-hydrogen) atoms. The van der Waals surface area contributed by atoms with Crippen molar-refractivity contribution in [1.82, 2.24) is 4.98 Å². The molecule has 3 rings (SSSR count). The van der Waals surface area contributed by atoms with E-state index in [1.165, 1.54) is 0 Å². The quantitative estimate of drug-likeness (QED) is 0.643. The number of rotatable bonds is 4. The largest absolute Gasteiger partial charge is 0.439 e. The molecule has 1 heterocycles. The predicted octanol–water partition coefficient (Wildman–Crippen LogP) is 5.29. The van der Waals surface area contributed by atoms with E-state index in [1.54, 1.807) is 30.3 Å². The molecule has 0 atom stereocenters. The summed E-state index contributed by atoms with van der Waals surface area (Å²) < 4.78 is 5.77. The van der Waals surface area contributed by atoms with Crippen molar-refractivity contribution in [1.29, 1.82) is 0 Å². The zero-order chi connectivity index (χ0) is 19.6. The number of aryl methyl sites for hydroxylation is 3.